The van der Waals surface area contributed by atoms with Gasteiger partial charge >= 0.3 is 0 Å². The largest absolute Gasteiger partial charge is 0.296 e. The minimum Gasteiger partial charge on any atom is -0.296 e. The van der Waals surface area contributed by atoms with Crippen LogP contribution in [0.15, 0.2) is 30.3 Å². The van der Waals surface area contributed by atoms with Gasteiger partial charge in [0.15, 0.2) is 6.29 Å². The lowest BCUT2D eigenvalue weighted by Gasteiger charge is -2.19. The van der Waals surface area contributed by atoms with E-state index in [2.05, 4.69) is 22.1 Å². The summed E-state index contributed by atoms with van der Waals surface area (Å²) in [5.41, 5.74) is 2.88. The highest BCUT2D eigenvalue weighted by Crippen LogP contribution is 2.17. The molecule has 0 N–H and O–H groups in total. The summed E-state index contributed by atoms with van der Waals surface area (Å²) in [5, 5.41) is 5.05. The first kappa shape index (κ1) is 13.3. The molecule has 0 aliphatic carbocycles. The molecule has 3 rings (SSSR count). The number of hydrogen-bond donors (Lipinski definition) is 0. The molecular weight excluding hydrogens is 274 g/mol. The second-order valence-electron chi connectivity index (χ2n) is 5.09. The normalized spacial score (nSPS) is 15.7. The predicted molar refractivity (Wildman–Crippen MR) is 77.8 cm³/mol. The minimum absolute atomic E-state index is 0.522. The first-order valence-corrected chi connectivity index (χ1v) is 7.11. The van der Waals surface area contributed by atoms with Crippen molar-refractivity contribution in [1.82, 2.24) is 14.7 Å². The third kappa shape index (κ3) is 2.92. The third-order valence-corrected chi connectivity index (χ3v) is 3.80. The van der Waals surface area contributed by atoms with Gasteiger partial charge in [-0.15, -0.1) is 0 Å². The average molecular weight is 290 g/mol. The molecule has 0 atom stereocenters. The van der Waals surface area contributed by atoms with Crippen molar-refractivity contribution >= 4 is 17.9 Å². The Morgan fingerprint density at radius 2 is 2.05 bits per heavy atom. The van der Waals surface area contributed by atoms with Crippen molar-refractivity contribution in [3.05, 3.63) is 52.3 Å². The number of rotatable bonds is 3. The van der Waals surface area contributed by atoms with Crippen LogP contribution in [0.5, 0.6) is 0 Å². The van der Waals surface area contributed by atoms with Gasteiger partial charge in [-0.3, -0.25) is 14.4 Å². The van der Waals surface area contributed by atoms with Gasteiger partial charge in [-0.1, -0.05) is 23.7 Å². The maximum atomic E-state index is 10.8. The number of fused-ring (bicyclic) bond motifs is 1. The number of carbonyl (C=O) groups is 1. The molecule has 0 spiro atoms. The molecule has 0 saturated carbocycles. The highest BCUT2D eigenvalue weighted by Gasteiger charge is 2.16. The van der Waals surface area contributed by atoms with E-state index in [0.717, 1.165) is 49.6 Å². The van der Waals surface area contributed by atoms with Gasteiger partial charge in [-0.2, -0.15) is 5.10 Å². The van der Waals surface area contributed by atoms with E-state index in [9.17, 15) is 4.79 Å². The Labute approximate surface area is 123 Å². The van der Waals surface area contributed by atoms with Crippen LogP contribution >= 0.6 is 11.6 Å². The Kier molecular flexibility index (Phi) is 3.85. The molecule has 5 heteroatoms. The third-order valence-electron chi connectivity index (χ3n) is 3.55. The highest BCUT2D eigenvalue weighted by molar-refractivity contribution is 6.30. The molecule has 0 unspecified atom stereocenters. The monoisotopic (exact) mass is 289 g/mol. The molecule has 0 radical (unpaired) electrons. The molecule has 1 aliphatic heterocycles. The van der Waals surface area contributed by atoms with Crippen LogP contribution in [-0.4, -0.2) is 27.5 Å². The first-order chi connectivity index (χ1) is 9.74. The number of hydrogen-bond acceptors (Lipinski definition) is 3. The summed E-state index contributed by atoms with van der Waals surface area (Å²) < 4.78 is 1.95. The van der Waals surface area contributed by atoms with Gasteiger partial charge in [-0.05, 0) is 30.2 Å². The van der Waals surface area contributed by atoms with Crippen LogP contribution in [0.1, 0.15) is 28.2 Å². The number of aldehydes is 1. The van der Waals surface area contributed by atoms with Crippen molar-refractivity contribution in [3.63, 3.8) is 0 Å². The van der Waals surface area contributed by atoms with Crippen LogP contribution in [0.2, 0.25) is 5.02 Å². The molecule has 0 fully saturated rings. The van der Waals surface area contributed by atoms with Crippen molar-refractivity contribution in [2.75, 3.05) is 6.54 Å². The number of nitrogens with zero attached hydrogens (tertiary/aromatic N) is 3. The number of carbonyl (C=O) groups excluding carboxylic acids is 1. The van der Waals surface area contributed by atoms with E-state index in [1.807, 2.05) is 22.9 Å². The fourth-order valence-corrected chi connectivity index (χ4v) is 2.72. The Balaban J connectivity index is 1.74. The summed E-state index contributed by atoms with van der Waals surface area (Å²) in [4.78, 5) is 13.2. The summed E-state index contributed by atoms with van der Waals surface area (Å²) in [7, 11) is 0. The van der Waals surface area contributed by atoms with Crippen molar-refractivity contribution in [1.29, 1.82) is 0 Å². The molecule has 0 saturated heterocycles. The van der Waals surface area contributed by atoms with Gasteiger partial charge in [0.25, 0.3) is 0 Å². The zero-order valence-electron chi connectivity index (χ0n) is 11.1. The summed E-state index contributed by atoms with van der Waals surface area (Å²) in [6.07, 6.45) is 1.85. The smallest absolute Gasteiger partial charge is 0.170 e. The van der Waals surface area contributed by atoms with Gasteiger partial charge in [0.05, 0.1) is 5.69 Å². The van der Waals surface area contributed by atoms with E-state index in [1.54, 1.807) is 0 Å². The lowest BCUT2D eigenvalue weighted by atomic mass is 10.2. The zero-order valence-corrected chi connectivity index (χ0v) is 11.9. The van der Waals surface area contributed by atoms with Gasteiger partial charge in [0, 0.05) is 31.2 Å². The Bertz CT molecular complexity index is 606. The molecule has 2 aromatic rings. The average Bonchev–Trinajstić information content (AvgIpc) is 2.74. The molecule has 2 heterocycles. The van der Waals surface area contributed by atoms with Gasteiger partial charge in [0.2, 0.25) is 0 Å². The molecule has 0 bridgehead atoms. The van der Waals surface area contributed by atoms with Crippen molar-refractivity contribution < 1.29 is 4.79 Å². The minimum atomic E-state index is 0.522. The van der Waals surface area contributed by atoms with E-state index in [0.29, 0.717) is 5.69 Å². The SMILES string of the molecule is O=Cc1cc2n(n1)CCCN(Cc1ccc(Cl)cc1)C2. The first-order valence-electron chi connectivity index (χ1n) is 6.73. The van der Waals surface area contributed by atoms with Gasteiger partial charge < -0.3 is 0 Å². The molecule has 1 aliphatic rings. The molecule has 20 heavy (non-hydrogen) atoms. The lowest BCUT2D eigenvalue weighted by molar-refractivity contribution is 0.111. The fourth-order valence-electron chi connectivity index (χ4n) is 2.59. The van der Waals surface area contributed by atoms with Crippen LogP contribution in [0.3, 0.4) is 0 Å². The Hall–Kier alpha value is -1.65. The zero-order chi connectivity index (χ0) is 13.9. The van der Waals surface area contributed by atoms with Crippen molar-refractivity contribution in [2.24, 2.45) is 0 Å². The highest BCUT2D eigenvalue weighted by atomic mass is 35.5. The quantitative estimate of drug-likeness (QED) is 0.816. The topological polar surface area (TPSA) is 38.1 Å². The fraction of sp³-hybridized carbons (Fsp3) is 0.333. The number of benzene rings is 1. The van der Waals surface area contributed by atoms with E-state index >= 15 is 0 Å². The van der Waals surface area contributed by atoms with E-state index < -0.39 is 0 Å². The van der Waals surface area contributed by atoms with E-state index in [-0.39, 0.29) is 0 Å². The van der Waals surface area contributed by atoms with Gasteiger partial charge in [-0.25, -0.2) is 0 Å². The van der Waals surface area contributed by atoms with E-state index in [4.69, 9.17) is 11.6 Å². The van der Waals surface area contributed by atoms with Crippen molar-refractivity contribution in [2.45, 2.75) is 26.1 Å². The van der Waals surface area contributed by atoms with Crippen LogP contribution in [-0.2, 0) is 19.6 Å². The second-order valence-corrected chi connectivity index (χ2v) is 5.53. The predicted octanol–water partition coefficient (Wildman–Crippen LogP) is 2.75. The number of aryl methyl sites for hydroxylation is 1. The maximum Gasteiger partial charge on any atom is 0.170 e. The standard InChI is InChI=1S/C15H16ClN3O/c16-13-4-2-12(3-5-13)9-18-6-1-7-19-15(10-18)8-14(11-20)17-19/h2-5,8,11H,1,6-7,9-10H2. The Morgan fingerprint density at radius 3 is 2.80 bits per heavy atom. The van der Waals surface area contributed by atoms with Crippen LogP contribution < -0.4 is 0 Å². The second kappa shape index (κ2) is 5.77. The lowest BCUT2D eigenvalue weighted by Crippen LogP contribution is -2.22. The van der Waals surface area contributed by atoms with Gasteiger partial charge in [0.1, 0.15) is 5.69 Å². The number of aromatic nitrogens is 2. The van der Waals surface area contributed by atoms with Crippen LogP contribution in [0.4, 0.5) is 0 Å². The van der Waals surface area contributed by atoms with Crippen LogP contribution in [0.25, 0.3) is 0 Å². The summed E-state index contributed by atoms with van der Waals surface area (Å²) in [5.74, 6) is 0. The van der Waals surface area contributed by atoms with Crippen LogP contribution in [0, 0.1) is 0 Å². The molecule has 104 valence electrons. The molecule has 4 nitrogen and oxygen atoms in total. The van der Waals surface area contributed by atoms with E-state index in [1.165, 1.54) is 5.56 Å². The molecular formula is C15H16ClN3O. The summed E-state index contributed by atoms with van der Waals surface area (Å²) in [6.45, 7) is 3.62. The molecule has 1 aromatic heterocycles. The maximum absolute atomic E-state index is 10.8. The molecule has 0 amide bonds. The number of halogens is 1. The van der Waals surface area contributed by atoms with Crippen molar-refractivity contribution in [3.8, 4) is 0 Å². The molecule has 1 aromatic carbocycles. The Morgan fingerprint density at radius 1 is 1.25 bits per heavy atom. The summed E-state index contributed by atoms with van der Waals surface area (Å²) in [6, 6.07) is 9.84. The summed E-state index contributed by atoms with van der Waals surface area (Å²) >= 11 is 5.91.